The molecule has 0 atom stereocenters. The van der Waals surface area contributed by atoms with Gasteiger partial charge in [0.05, 0.1) is 11.3 Å². The molecule has 0 saturated carbocycles. The fraction of sp³-hybridized carbons (Fsp3) is 0.0769. The highest BCUT2D eigenvalue weighted by Crippen LogP contribution is 2.25. The maximum Gasteiger partial charge on any atom is 0.222 e. The fourth-order valence-corrected chi connectivity index (χ4v) is 1.88. The molecule has 0 amide bonds. The third-order valence-electron chi connectivity index (χ3n) is 2.72. The van der Waals surface area contributed by atoms with E-state index in [4.69, 9.17) is 21.9 Å². The molecule has 100 valence electrons. The molecular formula is C13H10ClN5O. The zero-order valence-corrected chi connectivity index (χ0v) is 11.1. The van der Waals surface area contributed by atoms with Gasteiger partial charge in [-0.1, -0.05) is 5.16 Å². The Kier molecular flexibility index (Phi) is 3.30. The molecule has 0 aliphatic carbocycles. The summed E-state index contributed by atoms with van der Waals surface area (Å²) in [5.41, 5.74) is 8.17. The molecule has 0 unspecified atom stereocenters. The predicted molar refractivity (Wildman–Crippen MR) is 74.0 cm³/mol. The van der Waals surface area contributed by atoms with Gasteiger partial charge in [-0.05, 0) is 29.3 Å². The third-order valence-corrected chi connectivity index (χ3v) is 2.92. The first-order chi connectivity index (χ1) is 9.72. The van der Waals surface area contributed by atoms with Gasteiger partial charge in [0.1, 0.15) is 5.82 Å². The van der Waals surface area contributed by atoms with Crippen molar-refractivity contribution in [1.29, 1.82) is 0 Å². The standard InChI is InChI=1S/C13H10ClN5O/c14-13-17-6-8(7-18-13)4-9-5-11(20-19-9)10-2-1-3-16-12(10)15/h1-3,5-7H,4H2,(H2,15,16). The number of aromatic nitrogens is 4. The van der Waals surface area contributed by atoms with Gasteiger partial charge in [-0.25, -0.2) is 15.0 Å². The van der Waals surface area contributed by atoms with Crippen molar-refractivity contribution in [2.75, 3.05) is 5.73 Å². The first kappa shape index (κ1) is 12.6. The summed E-state index contributed by atoms with van der Waals surface area (Å²) in [5.74, 6) is 0.991. The van der Waals surface area contributed by atoms with Gasteiger partial charge in [0.2, 0.25) is 5.28 Å². The Balaban J connectivity index is 1.84. The summed E-state index contributed by atoms with van der Waals surface area (Å²) in [4.78, 5) is 11.9. The van der Waals surface area contributed by atoms with Crippen LogP contribution in [0.2, 0.25) is 5.28 Å². The molecule has 0 radical (unpaired) electrons. The molecule has 3 aromatic heterocycles. The van der Waals surface area contributed by atoms with Crippen LogP contribution >= 0.6 is 11.6 Å². The summed E-state index contributed by atoms with van der Waals surface area (Å²) in [6.07, 6.45) is 5.49. The fourth-order valence-electron chi connectivity index (χ4n) is 1.79. The lowest BCUT2D eigenvalue weighted by molar-refractivity contribution is 0.425. The maximum atomic E-state index is 5.80. The van der Waals surface area contributed by atoms with Crippen molar-refractivity contribution in [3.05, 3.63) is 53.3 Å². The van der Waals surface area contributed by atoms with Crippen molar-refractivity contribution in [3.63, 3.8) is 0 Å². The van der Waals surface area contributed by atoms with Crippen molar-refractivity contribution < 1.29 is 4.52 Å². The maximum absolute atomic E-state index is 5.80. The van der Waals surface area contributed by atoms with Crippen LogP contribution in [0.25, 0.3) is 11.3 Å². The van der Waals surface area contributed by atoms with E-state index in [1.54, 1.807) is 24.7 Å². The SMILES string of the molecule is Nc1ncccc1-c1cc(Cc2cnc(Cl)nc2)no1. The number of hydrogen-bond acceptors (Lipinski definition) is 6. The topological polar surface area (TPSA) is 90.7 Å². The average molecular weight is 288 g/mol. The molecule has 3 aromatic rings. The van der Waals surface area contributed by atoms with Crippen molar-refractivity contribution in [3.8, 4) is 11.3 Å². The molecule has 0 aromatic carbocycles. The van der Waals surface area contributed by atoms with Gasteiger partial charge in [0.25, 0.3) is 0 Å². The second-order valence-corrected chi connectivity index (χ2v) is 4.49. The summed E-state index contributed by atoms with van der Waals surface area (Å²) < 4.78 is 5.29. The summed E-state index contributed by atoms with van der Waals surface area (Å²) >= 11 is 5.64. The second kappa shape index (κ2) is 5.26. The summed E-state index contributed by atoms with van der Waals surface area (Å²) in [5, 5.41) is 4.22. The number of nitrogens with two attached hydrogens (primary N) is 1. The number of nitrogen functional groups attached to an aromatic ring is 1. The molecule has 0 saturated heterocycles. The van der Waals surface area contributed by atoms with Crippen LogP contribution in [0.15, 0.2) is 41.3 Å². The lowest BCUT2D eigenvalue weighted by Crippen LogP contribution is -1.92. The van der Waals surface area contributed by atoms with Crippen LogP contribution in [0.4, 0.5) is 5.82 Å². The lowest BCUT2D eigenvalue weighted by atomic mass is 10.1. The Morgan fingerprint density at radius 1 is 1.20 bits per heavy atom. The highest BCUT2D eigenvalue weighted by molar-refractivity contribution is 6.28. The van der Waals surface area contributed by atoms with Crippen LogP contribution in [0, 0.1) is 0 Å². The van der Waals surface area contributed by atoms with Crippen molar-refractivity contribution in [1.82, 2.24) is 20.1 Å². The minimum Gasteiger partial charge on any atom is -0.383 e. The molecule has 3 rings (SSSR count). The quantitative estimate of drug-likeness (QED) is 0.744. The van der Waals surface area contributed by atoms with Gasteiger partial charge in [-0.15, -0.1) is 0 Å². The van der Waals surface area contributed by atoms with Crippen molar-refractivity contribution in [2.45, 2.75) is 6.42 Å². The van der Waals surface area contributed by atoms with E-state index >= 15 is 0 Å². The van der Waals surface area contributed by atoms with Crippen LogP contribution in [-0.4, -0.2) is 20.1 Å². The predicted octanol–water partition coefficient (Wildman–Crippen LogP) is 2.35. The van der Waals surface area contributed by atoms with Gasteiger partial charge in [-0.3, -0.25) is 0 Å². The van der Waals surface area contributed by atoms with Crippen LogP contribution in [0.1, 0.15) is 11.3 Å². The summed E-state index contributed by atoms with van der Waals surface area (Å²) in [7, 11) is 0. The molecule has 0 fully saturated rings. The monoisotopic (exact) mass is 287 g/mol. The highest BCUT2D eigenvalue weighted by Gasteiger charge is 2.10. The van der Waals surface area contributed by atoms with Crippen LogP contribution in [-0.2, 0) is 6.42 Å². The molecule has 0 bridgehead atoms. The van der Waals surface area contributed by atoms with Crippen molar-refractivity contribution >= 4 is 17.4 Å². The van der Waals surface area contributed by atoms with Crippen LogP contribution in [0.5, 0.6) is 0 Å². The lowest BCUT2D eigenvalue weighted by Gasteiger charge is -1.97. The van der Waals surface area contributed by atoms with Gasteiger partial charge in [0, 0.05) is 31.1 Å². The molecule has 6 nitrogen and oxygen atoms in total. The van der Waals surface area contributed by atoms with E-state index in [9.17, 15) is 0 Å². The van der Waals surface area contributed by atoms with Crippen LogP contribution < -0.4 is 5.73 Å². The minimum absolute atomic E-state index is 0.220. The number of hydrogen-bond donors (Lipinski definition) is 1. The Hall–Kier alpha value is -2.47. The molecule has 0 aliphatic heterocycles. The van der Waals surface area contributed by atoms with E-state index in [1.807, 2.05) is 12.1 Å². The van der Waals surface area contributed by atoms with Gasteiger partial charge >= 0.3 is 0 Å². The van der Waals surface area contributed by atoms with E-state index in [0.717, 1.165) is 16.8 Å². The Morgan fingerprint density at radius 3 is 2.75 bits per heavy atom. The molecule has 3 heterocycles. The van der Waals surface area contributed by atoms with E-state index < -0.39 is 0 Å². The third kappa shape index (κ3) is 2.60. The number of halogens is 1. The number of anilines is 1. The number of rotatable bonds is 3. The molecule has 0 spiro atoms. The molecular weight excluding hydrogens is 278 g/mol. The first-order valence-corrected chi connectivity index (χ1v) is 6.23. The minimum atomic E-state index is 0.220. The molecule has 2 N–H and O–H groups in total. The number of pyridine rings is 1. The molecule has 7 heteroatoms. The van der Waals surface area contributed by atoms with Crippen LogP contribution in [0.3, 0.4) is 0 Å². The Labute approximate surface area is 119 Å². The summed E-state index contributed by atoms with van der Waals surface area (Å²) in [6, 6.07) is 5.45. The van der Waals surface area contributed by atoms with E-state index in [-0.39, 0.29) is 5.28 Å². The Bertz CT molecular complexity index is 726. The van der Waals surface area contributed by atoms with Gasteiger partial charge in [-0.2, -0.15) is 0 Å². The Morgan fingerprint density at radius 2 is 2.00 bits per heavy atom. The number of nitrogens with zero attached hydrogens (tertiary/aromatic N) is 4. The van der Waals surface area contributed by atoms with E-state index in [0.29, 0.717) is 18.0 Å². The largest absolute Gasteiger partial charge is 0.383 e. The molecule has 0 aliphatic rings. The van der Waals surface area contributed by atoms with Crippen molar-refractivity contribution in [2.24, 2.45) is 0 Å². The zero-order chi connectivity index (χ0) is 13.9. The normalized spacial score (nSPS) is 10.7. The van der Waals surface area contributed by atoms with Gasteiger partial charge in [0.15, 0.2) is 5.76 Å². The second-order valence-electron chi connectivity index (χ2n) is 4.16. The molecule has 20 heavy (non-hydrogen) atoms. The van der Waals surface area contributed by atoms with E-state index in [1.165, 1.54) is 0 Å². The zero-order valence-electron chi connectivity index (χ0n) is 10.3. The highest BCUT2D eigenvalue weighted by atomic mass is 35.5. The van der Waals surface area contributed by atoms with Gasteiger partial charge < -0.3 is 10.3 Å². The summed E-state index contributed by atoms with van der Waals surface area (Å²) in [6.45, 7) is 0. The average Bonchev–Trinajstić information content (AvgIpc) is 2.90. The smallest absolute Gasteiger partial charge is 0.222 e. The van der Waals surface area contributed by atoms with E-state index in [2.05, 4.69) is 20.1 Å². The first-order valence-electron chi connectivity index (χ1n) is 5.85.